The van der Waals surface area contributed by atoms with E-state index in [0.717, 1.165) is 43.5 Å². The Kier molecular flexibility index (Phi) is 6.25. The van der Waals surface area contributed by atoms with Crippen LogP contribution in [0.3, 0.4) is 0 Å². The van der Waals surface area contributed by atoms with Crippen LogP contribution in [0.15, 0.2) is 18.5 Å². The Hall–Kier alpha value is -1.42. The van der Waals surface area contributed by atoms with Crippen LogP contribution in [-0.2, 0) is 4.79 Å². The second kappa shape index (κ2) is 7.79. The molecule has 0 bridgehead atoms. The molecule has 4 nitrogen and oxygen atoms in total. The number of nitrogens with zero attached hydrogens (tertiary/aromatic N) is 1. The van der Waals surface area contributed by atoms with E-state index >= 15 is 0 Å². The highest BCUT2D eigenvalue weighted by Gasteiger charge is 2.03. The van der Waals surface area contributed by atoms with Gasteiger partial charge in [0.15, 0.2) is 0 Å². The summed E-state index contributed by atoms with van der Waals surface area (Å²) in [6.07, 6.45) is 8.16. The maximum atomic E-state index is 11.6. The van der Waals surface area contributed by atoms with E-state index in [4.69, 9.17) is 5.73 Å². The van der Waals surface area contributed by atoms with Gasteiger partial charge in [0.05, 0.1) is 0 Å². The monoisotopic (exact) mass is 235 g/mol. The van der Waals surface area contributed by atoms with Gasteiger partial charge in [0.1, 0.15) is 0 Å². The molecule has 0 aromatic carbocycles. The van der Waals surface area contributed by atoms with Gasteiger partial charge in [-0.1, -0.05) is 12.8 Å². The van der Waals surface area contributed by atoms with Gasteiger partial charge in [-0.05, 0) is 37.9 Å². The second-order valence-electron chi connectivity index (χ2n) is 4.19. The van der Waals surface area contributed by atoms with Gasteiger partial charge in [-0.15, -0.1) is 0 Å². The molecule has 0 radical (unpaired) electrons. The van der Waals surface area contributed by atoms with Crippen LogP contribution in [0.25, 0.3) is 0 Å². The molecule has 4 heteroatoms. The van der Waals surface area contributed by atoms with Crippen LogP contribution in [0.4, 0.5) is 5.69 Å². The van der Waals surface area contributed by atoms with Crippen molar-refractivity contribution in [1.82, 2.24) is 4.98 Å². The zero-order chi connectivity index (χ0) is 12.5. The molecule has 1 aromatic rings. The summed E-state index contributed by atoms with van der Waals surface area (Å²) in [5.74, 6) is 0.0760. The third-order valence-corrected chi connectivity index (χ3v) is 2.65. The molecular weight excluding hydrogens is 214 g/mol. The summed E-state index contributed by atoms with van der Waals surface area (Å²) in [6.45, 7) is 2.67. The largest absolute Gasteiger partial charge is 0.330 e. The van der Waals surface area contributed by atoms with Crippen molar-refractivity contribution < 1.29 is 4.79 Å². The summed E-state index contributed by atoms with van der Waals surface area (Å²) in [5, 5.41) is 2.90. The van der Waals surface area contributed by atoms with Gasteiger partial charge in [-0.25, -0.2) is 0 Å². The number of pyridine rings is 1. The average molecular weight is 235 g/mol. The number of aromatic nitrogens is 1. The molecule has 94 valence electrons. The van der Waals surface area contributed by atoms with Crippen molar-refractivity contribution in [1.29, 1.82) is 0 Å². The number of carbonyl (C=O) groups excluding carboxylic acids is 1. The van der Waals surface area contributed by atoms with Crippen LogP contribution in [0, 0.1) is 6.92 Å². The molecule has 0 aliphatic carbocycles. The van der Waals surface area contributed by atoms with Crippen molar-refractivity contribution >= 4 is 11.6 Å². The fourth-order valence-corrected chi connectivity index (χ4v) is 1.61. The number of anilines is 1. The molecule has 1 aromatic heterocycles. The van der Waals surface area contributed by atoms with Gasteiger partial charge in [0, 0.05) is 24.5 Å². The smallest absolute Gasteiger partial charge is 0.224 e. The number of amides is 1. The number of aryl methyl sites for hydroxylation is 1. The van der Waals surface area contributed by atoms with Gasteiger partial charge < -0.3 is 11.1 Å². The Bertz CT molecular complexity index is 352. The maximum absolute atomic E-state index is 11.6. The summed E-state index contributed by atoms with van der Waals surface area (Å²) >= 11 is 0. The van der Waals surface area contributed by atoms with Gasteiger partial charge in [0.25, 0.3) is 0 Å². The molecule has 0 atom stereocenters. The van der Waals surface area contributed by atoms with Gasteiger partial charge in [0.2, 0.25) is 5.91 Å². The molecule has 0 unspecified atom stereocenters. The normalized spacial score (nSPS) is 10.2. The van der Waals surface area contributed by atoms with Crippen molar-refractivity contribution in [2.45, 2.75) is 39.0 Å². The van der Waals surface area contributed by atoms with E-state index in [1.807, 2.05) is 13.0 Å². The number of carbonyl (C=O) groups is 1. The molecule has 1 rings (SSSR count). The van der Waals surface area contributed by atoms with Crippen molar-refractivity contribution in [2.75, 3.05) is 11.9 Å². The fraction of sp³-hybridized carbons (Fsp3) is 0.538. The predicted molar refractivity (Wildman–Crippen MR) is 69.7 cm³/mol. The van der Waals surface area contributed by atoms with Crippen LogP contribution in [0.5, 0.6) is 0 Å². The van der Waals surface area contributed by atoms with E-state index < -0.39 is 0 Å². The molecule has 1 heterocycles. The fourth-order valence-electron chi connectivity index (χ4n) is 1.61. The van der Waals surface area contributed by atoms with Crippen molar-refractivity contribution in [3.63, 3.8) is 0 Å². The lowest BCUT2D eigenvalue weighted by Crippen LogP contribution is -2.12. The molecule has 1 amide bonds. The predicted octanol–water partition coefficient (Wildman–Crippen LogP) is 2.24. The summed E-state index contributed by atoms with van der Waals surface area (Å²) in [7, 11) is 0. The SMILES string of the molecule is Cc1cnccc1NC(=O)CCCCCCN. The molecule has 17 heavy (non-hydrogen) atoms. The molecule has 0 aliphatic heterocycles. The highest BCUT2D eigenvalue weighted by Crippen LogP contribution is 2.12. The summed E-state index contributed by atoms with van der Waals surface area (Å²) in [5.41, 5.74) is 7.25. The summed E-state index contributed by atoms with van der Waals surface area (Å²) in [4.78, 5) is 15.6. The van der Waals surface area contributed by atoms with Crippen LogP contribution in [0.2, 0.25) is 0 Å². The minimum absolute atomic E-state index is 0.0760. The van der Waals surface area contributed by atoms with E-state index in [1.165, 1.54) is 0 Å². The first-order valence-electron chi connectivity index (χ1n) is 6.14. The van der Waals surface area contributed by atoms with Gasteiger partial charge in [-0.2, -0.15) is 0 Å². The molecule has 0 saturated carbocycles. The third-order valence-electron chi connectivity index (χ3n) is 2.65. The zero-order valence-electron chi connectivity index (χ0n) is 10.4. The molecular formula is C13H21N3O. The Balaban J connectivity index is 2.23. The minimum atomic E-state index is 0.0760. The lowest BCUT2D eigenvalue weighted by Gasteiger charge is -2.07. The first kappa shape index (κ1) is 13.6. The van der Waals surface area contributed by atoms with E-state index in [9.17, 15) is 4.79 Å². The highest BCUT2D eigenvalue weighted by atomic mass is 16.1. The minimum Gasteiger partial charge on any atom is -0.330 e. The number of rotatable bonds is 7. The van der Waals surface area contributed by atoms with Crippen LogP contribution in [-0.4, -0.2) is 17.4 Å². The van der Waals surface area contributed by atoms with E-state index in [1.54, 1.807) is 12.4 Å². The first-order valence-corrected chi connectivity index (χ1v) is 6.14. The number of unbranched alkanes of at least 4 members (excludes halogenated alkanes) is 3. The maximum Gasteiger partial charge on any atom is 0.224 e. The lowest BCUT2D eigenvalue weighted by molar-refractivity contribution is -0.116. The molecule has 0 spiro atoms. The van der Waals surface area contributed by atoms with E-state index in [2.05, 4.69) is 10.3 Å². The quantitative estimate of drug-likeness (QED) is 0.712. The van der Waals surface area contributed by atoms with Crippen LogP contribution in [0.1, 0.15) is 37.7 Å². The summed E-state index contributed by atoms with van der Waals surface area (Å²) in [6, 6.07) is 1.82. The Labute approximate surface area is 103 Å². The van der Waals surface area contributed by atoms with Gasteiger partial charge in [-0.3, -0.25) is 9.78 Å². The topological polar surface area (TPSA) is 68.0 Å². The van der Waals surface area contributed by atoms with Crippen LogP contribution < -0.4 is 11.1 Å². The van der Waals surface area contributed by atoms with Crippen molar-refractivity contribution in [3.8, 4) is 0 Å². The first-order chi connectivity index (χ1) is 8.24. The number of nitrogens with two attached hydrogens (primary N) is 1. The molecule has 0 aliphatic rings. The van der Waals surface area contributed by atoms with E-state index in [-0.39, 0.29) is 5.91 Å². The lowest BCUT2D eigenvalue weighted by atomic mass is 10.1. The molecule has 3 N–H and O–H groups in total. The molecule has 0 saturated heterocycles. The Morgan fingerprint density at radius 2 is 2.12 bits per heavy atom. The summed E-state index contributed by atoms with van der Waals surface area (Å²) < 4.78 is 0. The Morgan fingerprint density at radius 3 is 2.82 bits per heavy atom. The zero-order valence-corrected chi connectivity index (χ0v) is 10.4. The Morgan fingerprint density at radius 1 is 1.35 bits per heavy atom. The van der Waals surface area contributed by atoms with Gasteiger partial charge >= 0.3 is 0 Å². The highest BCUT2D eigenvalue weighted by molar-refractivity contribution is 5.91. The third kappa shape index (κ3) is 5.45. The van der Waals surface area contributed by atoms with E-state index in [0.29, 0.717) is 6.42 Å². The number of nitrogens with one attached hydrogen (secondary N) is 1. The number of hydrogen-bond donors (Lipinski definition) is 2. The molecule has 0 fully saturated rings. The van der Waals surface area contributed by atoms with Crippen LogP contribution >= 0.6 is 0 Å². The van der Waals surface area contributed by atoms with Crippen molar-refractivity contribution in [2.24, 2.45) is 5.73 Å². The number of hydrogen-bond acceptors (Lipinski definition) is 3. The second-order valence-corrected chi connectivity index (χ2v) is 4.19. The van der Waals surface area contributed by atoms with Crippen molar-refractivity contribution in [3.05, 3.63) is 24.0 Å². The average Bonchev–Trinajstić information content (AvgIpc) is 2.32. The standard InChI is InChI=1S/C13H21N3O/c1-11-10-15-9-7-12(11)16-13(17)6-4-2-3-5-8-14/h7,9-10H,2-6,8,14H2,1H3,(H,15,16,17).